The topological polar surface area (TPSA) is 90.6 Å². The Morgan fingerprint density at radius 1 is 1.00 bits per heavy atom. The van der Waals surface area contributed by atoms with E-state index in [0.29, 0.717) is 17.6 Å². The summed E-state index contributed by atoms with van der Waals surface area (Å²) >= 11 is 1.55. The van der Waals surface area contributed by atoms with Crippen molar-refractivity contribution in [3.05, 3.63) is 60.1 Å². The van der Waals surface area contributed by atoms with Crippen molar-refractivity contribution in [2.75, 3.05) is 56.5 Å². The van der Waals surface area contributed by atoms with E-state index in [0.717, 1.165) is 86.1 Å². The Labute approximate surface area is 226 Å². The second-order valence-corrected chi connectivity index (χ2v) is 10.8. The molecule has 1 aromatic carbocycles. The van der Waals surface area contributed by atoms with Crippen LogP contribution in [-0.4, -0.2) is 77.5 Å². The first-order chi connectivity index (χ1) is 18.7. The first kappa shape index (κ1) is 24.6. The molecule has 2 aliphatic rings. The van der Waals surface area contributed by atoms with E-state index in [9.17, 15) is 4.79 Å². The van der Waals surface area contributed by atoms with Gasteiger partial charge in [0.2, 0.25) is 12.4 Å². The molecule has 1 amide bonds. The van der Waals surface area contributed by atoms with Gasteiger partial charge in [-0.25, -0.2) is 9.97 Å². The summed E-state index contributed by atoms with van der Waals surface area (Å²) in [5.41, 5.74) is 5.59. The molecule has 0 atom stereocenters. The number of hydrogen-bond acceptors (Lipinski definition) is 9. The van der Waals surface area contributed by atoms with Crippen LogP contribution in [0, 0.1) is 0 Å². The van der Waals surface area contributed by atoms with Gasteiger partial charge in [-0.3, -0.25) is 9.78 Å². The van der Waals surface area contributed by atoms with Crippen LogP contribution in [0.3, 0.4) is 0 Å². The van der Waals surface area contributed by atoms with E-state index in [1.807, 2.05) is 34.9 Å². The van der Waals surface area contributed by atoms with Crippen LogP contribution in [0.4, 0.5) is 17.3 Å². The Hall–Kier alpha value is -3.76. The number of aromatic nitrogens is 3. The Balaban J connectivity index is 1.23. The number of piperidine rings is 1. The summed E-state index contributed by atoms with van der Waals surface area (Å²) in [7, 11) is 2.17. The molecule has 10 heteroatoms. The van der Waals surface area contributed by atoms with E-state index in [2.05, 4.69) is 56.4 Å². The fraction of sp³-hybridized carbons (Fsp3) is 0.357. The number of likely N-dealkylation sites (tertiary alicyclic amines) is 1. The van der Waals surface area contributed by atoms with E-state index < -0.39 is 0 Å². The third-order valence-corrected chi connectivity index (χ3v) is 8.23. The van der Waals surface area contributed by atoms with Gasteiger partial charge in [-0.2, -0.15) is 0 Å². The highest BCUT2D eigenvalue weighted by Crippen LogP contribution is 2.37. The number of likely N-dealkylation sites (N-methyl/N-ethyl adjacent to an activating group) is 1. The predicted molar refractivity (Wildman–Crippen MR) is 150 cm³/mol. The number of carbonyl (C=O) groups excluding carboxylic acids is 1. The maximum Gasteiger partial charge on any atom is 0.227 e. The van der Waals surface area contributed by atoms with E-state index in [4.69, 9.17) is 9.40 Å². The molecule has 6 rings (SSSR count). The van der Waals surface area contributed by atoms with Crippen molar-refractivity contribution in [2.45, 2.75) is 18.8 Å². The predicted octanol–water partition coefficient (Wildman–Crippen LogP) is 4.69. The quantitative estimate of drug-likeness (QED) is 0.345. The minimum atomic E-state index is 0.296. The SMILES string of the molecule is CN1CCN(c2ccc(Nc3ncc(-c4cncs4)c(-c4ccc(C5CCN(C=O)CC5)o4)n3)cc2)CC1. The molecular formula is C28H31N7O2S. The molecule has 1 N–H and O–H groups in total. The lowest BCUT2D eigenvalue weighted by molar-refractivity contribution is -0.119. The maximum absolute atomic E-state index is 11.1. The number of piperazine rings is 1. The minimum Gasteiger partial charge on any atom is -0.459 e. The smallest absolute Gasteiger partial charge is 0.227 e. The molecule has 2 aliphatic heterocycles. The van der Waals surface area contributed by atoms with Crippen molar-refractivity contribution < 1.29 is 9.21 Å². The molecular weight excluding hydrogens is 498 g/mol. The summed E-state index contributed by atoms with van der Waals surface area (Å²) < 4.78 is 6.36. The van der Waals surface area contributed by atoms with Crippen LogP contribution in [-0.2, 0) is 4.79 Å². The van der Waals surface area contributed by atoms with Gasteiger partial charge < -0.3 is 24.4 Å². The van der Waals surface area contributed by atoms with Crippen LogP contribution in [0.1, 0.15) is 24.5 Å². The van der Waals surface area contributed by atoms with Crippen molar-refractivity contribution >= 4 is 35.1 Å². The fourth-order valence-corrected chi connectivity index (χ4v) is 5.73. The molecule has 38 heavy (non-hydrogen) atoms. The van der Waals surface area contributed by atoms with E-state index in [-0.39, 0.29) is 0 Å². The molecule has 2 saturated heterocycles. The number of furan rings is 1. The monoisotopic (exact) mass is 529 g/mol. The van der Waals surface area contributed by atoms with E-state index in [1.54, 1.807) is 11.3 Å². The third kappa shape index (κ3) is 5.27. The largest absolute Gasteiger partial charge is 0.459 e. The van der Waals surface area contributed by atoms with Gasteiger partial charge in [0.25, 0.3) is 0 Å². The number of carbonyl (C=O) groups is 1. The zero-order chi connectivity index (χ0) is 25.9. The van der Waals surface area contributed by atoms with Gasteiger partial charge in [0.05, 0.1) is 10.4 Å². The van der Waals surface area contributed by atoms with Crippen molar-refractivity contribution in [2.24, 2.45) is 0 Å². The molecule has 9 nitrogen and oxygen atoms in total. The van der Waals surface area contributed by atoms with Crippen LogP contribution >= 0.6 is 11.3 Å². The second kappa shape index (κ2) is 10.9. The third-order valence-electron chi connectivity index (χ3n) is 7.42. The number of anilines is 3. The standard InChI is InChI=1S/C28H31N7O2S/c1-33-12-14-35(15-13-33)22-4-2-21(3-5-22)31-28-30-16-23(26-17-29-18-38-26)27(32-28)25-7-6-24(37-25)20-8-10-34(19-36)11-9-20/h2-7,16-20H,8-15H2,1H3,(H,30,31,32). The summed E-state index contributed by atoms with van der Waals surface area (Å²) in [6.45, 7) is 5.74. The molecule has 4 aromatic rings. The number of thiazole rings is 1. The number of benzene rings is 1. The first-order valence-electron chi connectivity index (χ1n) is 13.0. The van der Waals surface area contributed by atoms with Crippen molar-refractivity contribution in [3.63, 3.8) is 0 Å². The molecule has 196 valence electrons. The molecule has 0 aliphatic carbocycles. The van der Waals surface area contributed by atoms with Gasteiger partial charge >= 0.3 is 0 Å². The summed E-state index contributed by atoms with van der Waals surface area (Å²) in [6, 6.07) is 12.5. The molecule has 5 heterocycles. The van der Waals surface area contributed by atoms with E-state index >= 15 is 0 Å². The summed E-state index contributed by atoms with van der Waals surface area (Å²) in [6.07, 6.45) is 6.39. The minimum absolute atomic E-state index is 0.296. The number of hydrogen-bond donors (Lipinski definition) is 1. The van der Waals surface area contributed by atoms with Crippen LogP contribution < -0.4 is 10.2 Å². The molecule has 2 fully saturated rings. The Bertz CT molecular complexity index is 1360. The summed E-state index contributed by atoms with van der Waals surface area (Å²) in [5, 5.41) is 3.36. The van der Waals surface area contributed by atoms with Crippen LogP contribution in [0.15, 0.2) is 58.7 Å². The van der Waals surface area contributed by atoms with Gasteiger partial charge in [-0.1, -0.05) is 0 Å². The molecule has 0 bridgehead atoms. The summed E-state index contributed by atoms with van der Waals surface area (Å²) in [4.78, 5) is 32.4. The molecule has 0 spiro atoms. The fourth-order valence-electron chi connectivity index (χ4n) is 5.10. The normalized spacial score (nSPS) is 17.1. The highest BCUT2D eigenvalue weighted by atomic mass is 32.1. The van der Waals surface area contributed by atoms with Crippen LogP contribution in [0.25, 0.3) is 21.9 Å². The van der Waals surface area contributed by atoms with Gasteiger partial charge in [-0.15, -0.1) is 11.3 Å². The Morgan fingerprint density at radius 2 is 1.79 bits per heavy atom. The van der Waals surface area contributed by atoms with Crippen molar-refractivity contribution in [1.29, 1.82) is 0 Å². The average Bonchev–Trinajstić information content (AvgIpc) is 3.67. The zero-order valence-corrected chi connectivity index (χ0v) is 22.2. The highest BCUT2D eigenvalue weighted by Gasteiger charge is 2.24. The van der Waals surface area contributed by atoms with Crippen LogP contribution in [0.5, 0.6) is 0 Å². The zero-order valence-electron chi connectivity index (χ0n) is 21.4. The lowest BCUT2D eigenvalue weighted by atomic mass is 9.95. The van der Waals surface area contributed by atoms with Crippen molar-refractivity contribution in [1.82, 2.24) is 24.8 Å². The van der Waals surface area contributed by atoms with Gasteiger partial charge in [0.15, 0.2) is 5.76 Å². The first-order valence-corrected chi connectivity index (χ1v) is 13.9. The number of rotatable bonds is 7. The lowest BCUT2D eigenvalue weighted by Crippen LogP contribution is -2.44. The number of nitrogens with one attached hydrogen (secondary N) is 1. The molecule has 0 saturated carbocycles. The molecule has 0 radical (unpaired) electrons. The van der Waals surface area contributed by atoms with Crippen LogP contribution in [0.2, 0.25) is 0 Å². The molecule has 3 aromatic heterocycles. The highest BCUT2D eigenvalue weighted by molar-refractivity contribution is 7.13. The Morgan fingerprint density at radius 3 is 2.50 bits per heavy atom. The average molecular weight is 530 g/mol. The lowest BCUT2D eigenvalue weighted by Gasteiger charge is -2.34. The second-order valence-electron chi connectivity index (χ2n) is 9.90. The molecule has 0 unspecified atom stereocenters. The van der Waals surface area contributed by atoms with Gasteiger partial charge in [-0.05, 0) is 56.3 Å². The number of amides is 1. The van der Waals surface area contributed by atoms with E-state index in [1.165, 1.54) is 5.69 Å². The van der Waals surface area contributed by atoms with Crippen molar-refractivity contribution in [3.8, 4) is 21.9 Å². The van der Waals surface area contributed by atoms with Gasteiger partial charge in [0.1, 0.15) is 11.5 Å². The summed E-state index contributed by atoms with van der Waals surface area (Å²) in [5.74, 6) is 2.45. The van der Waals surface area contributed by atoms with Gasteiger partial charge in [0, 0.05) is 74.5 Å². The Kier molecular flexibility index (Phi) is 7.06. The maximum atomic E-state index is 11.1. The number of nitrogens with zero attached hydrogens (tertiary/aromatic N) is 6.